The van der Waals surface area contributed by atoms with Gasteiger partial charge in [-0.3, -0.25) is 14.4 Å². The maximum absolute atomic E-state index is 12.7. The first-order chi connectivity index (χ1) is 29.8. The molecule has 5 aliphatic rings. The van der Waals surface area contributed by atoms with Crippen molar-refractivity contribution in [2.75, 3.05) is 18.1 Å². The Labute approximate surface area is 387 Å². The number of aliphatic hydroxyl groups is 1. The Morgan fingerprint density at radius 1 is 1.02 bits per heavy atom. The molecule has 64 heavy (non-hydrogen) atoms. The number of aliphatic hydroxyl groups excluding tert-OH is 1. The first-order valence-corrected chi connectivity index (χ1v) is 20.8. The molecular formula is C45H53CoN9O8S. The largest absolute Gasteiger partial charge is 2.00 e. The number of aromatic nitrogens is 2. The molecule has 0 spiro atoms. The van der Waals surface area contributed by atoms with Gasteiger partial charge in [-0.25, -0.2) is 19.8 Å². The molecule has 1 aromatic rings. The number of hydrogen-bond donors (Lipinski definition) is 7. The second-order valence-electron chi connectivity index (χ2n) is 15.6. The van der Waals surface area contributed by atoms with E-state index in [1.165, 1.54) is 11.1 Å². The quantitative estimate of drug-likeness (QED) is 0.0759. The zero-order valence-corrected chi connectivity index (χ0v) is 38.4. The maximum atomic E-state index is 12.7. The van der Waals surface area contributed by atoms with E-state index in [9.17, 15) is 34.5 Å². The molecule has 0 aliphatic carbocycles. The van der Waals surface area contributed by atoms with Gasteiger partial charge >= 0.3 is 34.7 Å². The standard InChI is InChI=1S/C34H38N4O6.C11H17N5O2S.Co/c1-7-19-15(3)23-12-25-17(5)21(9-10-29(39)40)32(37-25)22(11-30(41)42)33-31(34(43)44)18(6)26(38-33)14-28-20(8-2)16(4)24(36-28)13-27(19)35-23;1-7(9(19)2-3-17)16(6-18)5-8-4-14-11(13)15-10(8)12;/h7,12-14,17,21,24,32H,1,8-11H2,2-6H3,(H5,35,36,37,38,39,40,41,42,43,44);4,6,17,19H,2-3,5H2,1H3,(H4,12,13,14,15);/q;;+2/p-2. The average molecular weight is 939 g/mol. The number of carbonyl (C=O) groups excluding carboxylic acids is 1. The summed E-state index contributed by atoms with van der Waals surface area (Å²) in [6, 6.07) is -1.08. The van der Waals surface area contributed by atoms with Crippen molar-refractivity contribution in [1.82, 2.24) is 14.9 Å². The van der Waals surface area contributed by atoms with Crippen LogP contribution in [-0.2, 0) is 42.5 Å². The summed E-state index contributed by atoms with van der Waals surface area (Å²) in [4.78, 5) is 67.1. The van der Waals surface area contributed by atoms with Crippen LogP contribution in [0.4, 0.5) is 11.8 Å². The molecule has 1 saturated heterocycles. The number of amides is 1. The summed E-state index contributed by atoms with van der Waals surface area (Å²) < 4.78 is 0. The Kier molecular flexibility index (Phi) is 17.1. The molecule has 6 rings (SSSR count). The fraction of sp³-hybridized carbons (Fsp3) is 0.378. The Balaban J connectivity index is 0.000000378. The van der Waals surface area contributed by atoms with Crippen LogP contribution in [-0.4, -0.2) is 89.7 Å². The van der Waals surface area contributed by atoms with E-state index in [0.29, 0.717) is 63.8 Å². The van der Waals surface area contributed by atoms with Gasteiger partial charge in [-0.1, -0.05) is 68.0 Å². The zero-order chi connectivity index (χ0) is 46.4. The van der Waals surface area contributed by atoms with E-state index >= 15 is 0 Å². The van der Waals surface area contributed by atoms with Gasteiger partial charge in [-0.2, -0.15) is 10.7 Å². The molecule has 0 saturated carbocycles. The average Bonchev–Trinajstić information content (AvgIpc) is 3.91. The third-order valence-electron chi connectivity index (χ3n) is 11.8. The Bertz CT molecular complexity index is 2460. The summed E-state index contributed by atoms with van der Waals surface area (Å²) in [5, 5.41) is 48.7. The molecule has 5 aliphatic heterocycles. The maximum Gasteiger partial charge on any atom is 2.00 e. The Morgan fingerprint density at radius 3 is 2.28 bits per heavy atom. The predicted molar refractivity (Wildman–Crippen MR) is 244 cm³/mol. The van der Waals surface area contributed by atoms with Gasteiger partial charge in [0, 0.05) is 47.4 Å². The van der Waals surface area contributed by atoms with Crippen molar-refractivity contribution in [3.63, 3.8) is 0 Å². The number of nitrogen functional groups attached to an aromatic ring is 2. The van der Waals surface area contributed by atoms with Gasteiger partial charge < -0.3 is 47.4 Å². The summed E-state index contributed by atoms with van der Waals surface area (Å²) in [6.07, 6.45) is 10.2. The topological polar surface area (TPSA) is 283 Å². The zero-order valence-electron chi connectivity index (χ0n) is 36.4. The van der Waals surface area contributed by atoms with Crippen LogP contribution in [0.15, 0.2) is 119 Å². The fourth-order valence-electron chi connectivity index (χ4n) is 8.19. The summed E-state index contributed by atoms with van der Waals surface area (Å²) >= 11 is 4.24. The minimum absolute atomic E-state index is 0. The number of hydrogen-bond acceptors (Lipinski definition) is 12. The van der Waals surface area contributed by atoms with Crippen LogP contribution in [0.1, 0.15) is 79.2 Å². The number of nitrogens with zero attached hydrogens (tertiary/aromatic N) is 7. The Hall–Kier alpha value is -6.02. The van der Waals surface area contributed by atoms with E-state index in [0.717, 1.165) is 28.0 Å². The molecule has 19 heteroatoms. The van der Waals surface area contributed by atoms with E-state index < -0.39 is 36.3 Å². The van der Waals surface area contributed by atoms with Gasteiger partial charge in [0.05, 0.1) is 41.4 Å². The number of rotatable bonds is 14. The summed E-state index contributed by atoms with van der Waals surface area (Å²) in [6.45, 7) is 15.6. The van der Waals surface area contributed by atoms with Crippen LogP contribution in [0.3, 0.4) is 0 Å². The van der Waals surface area contributed by atoms with E-state index in [2.05, 4.69) is 29.2 Å². The number of thiol groups is 1. The summed E-state index contributed by atoms with van der Waals surface area (Å²) in [5.41, 5.74) is 20.0. The number of carboxylic acid groups (broad SMARTS) is 3. The number of fused-ring (bicyclic) bond motifs is 6. The van der Waals surface area contributed by atoms with Gasteiger partial charge in [0.25, 0.3) is 0 Å². The predicted octanol–water partition coefficient (Wildman–Crippen LogP) is 6.69. The van der Waals surface area contributed by atoms with Gasteiger partial charge in [0.15, 0.2) is 0 Å². The second kappa shape index (κ2) is 21.6. The monoisotopic (exact) mass is 938 g/mol. The van der Waals surface area contributed by atoms with Crippen LogP contribution < -0.4 is 11.5 Å². The van der Waals surface area contributed by atoms with Crippen LogP contribution in [0.5, 0.6) is 0 Å². The van der Waals surface area contributed by atoms with Crippen LogP contribution in [0, 0.1) is 11.8 Å². The van der Waals surface area contributed by atoms with E-state index in [1.54, 1.807) is 26.0 Å². The van der Waals surface area contributed by atoms with Crippen molar-refractivity contribution in [1.29, 1.82) is 0 Å². The minimum atomic E-state index is -1.22. The number of nitrogens with two attached hydrogens (primary N) is 2. The first-order valence-electron chi connectivity index (χ1n) is 20.3. The minimum Gasteiger partial charge on any atom is -0.681 e. The third kappa shape index (κ3) is 10.8. The van der Waals surface area contributed by atoms with Crippen molar-refractivity contribution in [2.45, 2.75) is 92.3 Å². The number of anilines is 2. The van der Waals surface area contributed by atoms with Crippen molar-refractivity contribution in [3.05, 3.63) is 126 Å². The van der Waals surface area contributed by atoms with Crippen molar-refractivity contribution >= 4 is 60.1 Å². The summed E-state index contributed by atoms with van der Waals surface area (Å²) in [5.74, 6) is -3.70. The third-order valence-corrected chi connectivity index (χ3v) is 12.3. The SMILES string of the molecule is C=CC1=C(C)C2=NC1=CC1[N-]C(=CC3=NC(=C(CC(=O)O)C4[N-]C(=C2)C(C)C4CCC(=O)O)C(C(=O)O)=C3C)C(CC)=C1C.CC(=C(S)CCO)N(C=O)Cc1cnc(N)nc1N.[Co+2]. The smallest absolute Gasteiger partial charge is 0.681 e. The number of aliphatic imine (C=N–C) groups is 2. The van der Waals surface area contributed by atoms with Crippen molar-refractivity contribution in [3.8, 4) is 0 Å². The normalized spacial score (nSPS) is 21.5. The molecule has 1 amide bonds. The number of aliphatic carboxylic acids is 3. The molecule has 17 nitrogen and oxygen atoms in total. The van der Waals surface area contributed by atoms with Gasteiger partial charge in [-0.05, 0) is 69.1 Å². The summed E-state index contributed by atoms with van der Waals surface area (Å²) in [7, 11) is 0. The van der Waals surface area contributed by atoms with E-state index in [4.69, 9.17) is 37.2 Å². The van der Waals surface area contributed by atoms with Crippen molar-refractivity contribution in [2.24, 2.45) is 21.8 Å². The molecule has 1 radical (unpaired) electrons. The van der Waals surface area contributed by atoms with Gasteiger partial charge in [-0.15, -0.1) is 18.3 Å². The van der Waals surface area contributed by atoms with E-state index in [-0.39, 0.29) is 83.3 Å². The molecule has 341 valence electrons. The first kappa shape index (κ1) is 50.6. The van der Waals surface area contributed by atoms with E-state index in [1.807, 2.05) is 39.8 Å². The molecule has 4 unspecified atom stereocenters. The fourth-order valence-corrected chi connectivity index (χ4v) is 8.42. The molecule has 1 aromatic heterocycles. The molecular weight excluding hydrogens is 886 g/mol. The van der Waals surface area contributed by atoms with Crippen LogP contribution in [0.25, 0.3) is 10.6 Å². The number of carbonyl (C=O) groups is 4. The molecule has 8 bridgehead atoms. The molecule has 6 heterocycles. The molecule has 4 atom stereocenters. The van der Waals surface area contributed by atoms with Crippen molar-refractivity contribution < 1.29 is 56.4 Å². The number of carboxylic acids is 3. The Morgan fingerprint density at radius 2 is 1.70 bits per heavy atom. The molecule has 8 N–H and O–H groups in total. The van der Waals surface area contributed by atoms with Crippen LogP contribution >= 0.6 is 12.6 Å². The van der Waals surface area contributed by atoms with Gasteiger partial charge in [0.2, 0.25) is 12.4 Å². The molecule has 1 fully saturated rings. The van der Waals surface area contributed by atoms with Gasteiger partial charge in [0.1, 0.15) is 5.82 Å². The number of allylic oxidation sites excluding steroid dienone is 8. The molecule has 0 aromatic carbocycles. The second-order valence-corrected chi connectivity index (χ2v) is 16.1. The van der Waals surface area contributed by atoms with Crippen LogP contribution in [0.2, 0.25) is 0 Å².